The number of aromatic carboxylic acids is 1. The van der Waals surface area contributed by atoms with Gasteiger partial charge in [0.05, 0.1) is 5.69 Å². The summed E-state index contributed by atoms with van der Waals surface area (Å²) in [7, 11) is 0. The first-order chi connectivity index (χ1) is 9.43. The van der Waals surface area contributed by atoms with Gasteiger partial charge in [0.1, 0.15) is 0 Å². The van der Waals surface area contributed by atoms with E-state index in [9.17, 15) is 4.79 Å². The smallest absolute Gasteiger partial charge is 0.356 e. The number of hydrogen-bond acceptors (Lipinski definition) is 3. The first-order valence-corrected chi connectivity index (χ1v) is 7.00. The number of aliphatic hydroxyl groups excluding tert-OH is 1. The molecule has 1 aromatic carbocycles. The van der Waals surface area contributed by atoms with Gasteiger partial charge in [0.25, 0.3) is 0 Å². The second-order valence-electron chi connectivity index (χ2n) is 4.28. The molecule has 0 aliphatic rings. The Morgan fingerprint density at radius 1 is 1.50 bits per heavy atom. The molecule has 5 nitrogen and oxygen atoms in total. The number of aryl methyl sites for hydroxylation is 1. The number of carboxylic acids is 1. The highest BCUT2D eigenvalue weighted by Crippen LogP contribution is 2.28. The molecular weight excluding hydrogens is 348 g/mol. The predicted molar refractivity (Wildman–Crippen MR) is 78.8 cm³/mol. The minimum atomic E-state index is -1.12. The van der Waals surface area contributed by atoms with Gasteiger partial charge in [0, 0.05) is 27.9 Å². The zero-order valence-corrected chi connectivity index (χ0v) is 12.9. The standard InChI is InChI=1S/C13H12BrClN2O3/c1-7-4-9(14)11(5-10(7)15)17-6-8(2-3-18)12(16-17)13(19)20/h4-6,18H,2-3H2,1H3,(H,19,20). The Labute approximate surface area is 128 Å². The Morgan fingerprint density at radius 3 is 2.80 bits per heavy atom. The van der Waals surface area contributed by atoms with E-state index in [1.165, 1.54) is 4.68 Å². The molecule has 0 fully saturated rings. The number of halogens is 2. The normalized spacial score (nSPS) is 10.8. The SMILES string of the molecule is Cc1cc(Br)c(-n2cc(CCO)c(C(=O)O)n2)cc1Cl. The second-order valence-corrected chi connectivity index (χ2v) is 5.54. The fourth-order valence-electron chi connectivity index (χ4n) is 1.83. The lowest BCUT2D eigenvalue weighted by atomic mass is 10.2. The highest BCUT2D eigenvalue weighted by molar-refractivity contribution is 9.10. The molecule has 0 spiro atoms. The van der Waals surface area contributed by atoms with Gasteiger partial charge in [-0.05, 0) is 47.0 Å². The van der Waals surface area contributed by atoms with E-state index < -0.39 is 5.97 Å². The number of aliphatic hydroxyl groups is 1. The molecule has 1 heterocycles. The van der Waals surface area contributed by atoms with Gasteiger partial charge < -0.3 is 10.2 Å². The van der Waals surface area contributed by atoms with Crippen molar-refractivity contribution in [2.75, 3.05) is 6.61 Å². The minimum absolute atomic E-state index is 0.0670. The Kier molecular flexibility index (Phi) is 4.47. The monoisotopic (exact) mass is 358 g/mol. The van der Waals surface area contributed by atoms with Crippen LogP contribution >= 0.6 is 27.5 Å². The van der Waals surface area contributed by atoms with E-state index in [0.29, 0.717) is 16.3 Å². The number of hydrogen-bond donors (Lipinski definition) is 2. The number of aromatic nitrogens is 2. The maximum absolute atomic E-state index is 11.2. The van der Waals surface area contributed by atoms with Crippen molar-refractivity contribution in [1.29, 1.82) is 0 Å². The molecule has 0 saturated carbocycles. The van der Waals surface area contributed by atoms with Crippen LogP contribution in [0.2, 0.25) is 5.02 Å². The molecule has 2 aromatic rings. The average molecular weight is 360 g/mol. The lowest BCUT2D eigenvalue weighted by Crippen LogP contribution is -2.04. The number of benzene rings is 1. The second kappa shape index (κ2) is 5.95. The first-order valence-electron chi connectivity index (χ1n) is 5.82. The van der Waals surface area contributed by atoms with Crippen molar-refractivity contribution in [2.24, 2.45) is 0 Å². The van der Waals surface area contributed by atoms with Crippen molar-refractivity contribution in [3.05, 3.63) is 44.6 Å². The summed E-state index contributed by atoms with van der Waals surface area (Å²) in [5, 5.41) is 22.7. The van der Waals surface area contributed by atoms with Crippen LogP contribution in [0.5, 0.6) is 0 Å². The highest BCUT2D eigenvalue weighted by atomic mass is 79.9. The molecule has 2 rings (SSSR count). The number of carboxylic acid groups (broad SMARTS) is 1. The zero-order chi connectivity index (χ0) is 14.9. The van der Waals surface area contributed by atoms with E-state index in [-0.39, 0.29) is 18.7 Å². The quantitative estimate of drug-likeness (QED) is 0.880. The maximum Gasteiger partial charge on any atom is 0.356 e. The summed E-state index contributed by atoms with van der Waals surface area (Å²) in [6, 6.07) is 3.55. The van der Waals surface area contributed by atoms with Gasteiger partial charge in [-0.3, -0.25) is 0 Å². The third kappa shape index (κ3) is 2.87. The molecule has 0 saturated heterocycles. The molecule has 20 heavy (non-hydrogen) atoms. The van der Waals surface area contributed by atoms with Crippen molar-refractivity contribution >= 4 is 33.5 Å². The van der Waals surface area contributed by atoms with Crippen LogP contribution in [0.4, 0.5) is 0 Å². The van der Waals surface area contributed by atoms with Crippen LogP contribution in [0.25, 0.3) is 5.69 Å². The fraction of sp³-hybridized carbons (Fsp3) is 0.231. The molecule has 0 radical (unpaired) electrons. The van der Waals surface area contributed by atoms with Crippen molar-refractivity contribution in [3.63, 3.8) is 0 Å². The molecule has 0 unspecified atom stereocenters. The van der Waals surface area contributed by atoms with E-state index in [0.717, 1.165) is 10.0 Å². The number of carbonyl (C=O) groups is 1. The van der Waals surface area contributed by atoms with E-state index >= 15 is 0 Å². The highest BCUT2D eigenvalue weighted by Gasteiger charge is 2.17. The van der Waals surface area contributed by atoms with Crippen LogP contribution in [0.3, 0.4) is 0 Å². The largest absolute Gasteiger partial charge is 0.476 e. The Hall–Kier alpha value is -1.37. The van der Waals surface area contributed by atoms with Crippen LogP contribution in [0, 0.1) is 6.92 Å². The Morgan fingerprint density at radius 2 is 2.20 bits per heavy atom. The molecule has 0 aliphatic carbocycles. The Balaban J connectivity index is 2.56. The Bertz CT molecular complexity index is 670. The van der Waals surface area contributed by atoms with Crippen LogP contribution in [0.15, 0.2) is 22.8 Å². The van der Waals surface area contributed by atoms with Gasteiger partial charge in [-0.15, -0.1) is 0 Å². The van der Waals surface area contributed by atoms with Crippen molar-refractivity contribution in [2.45, 2.75) is 13.3 Å². The molecular formula is C13H12BrClN2O3. The summed E-state index contributed by atoms with van der Waals surface area (Å²) in [4.78, 5) is 11.2. The van der Waals surface area contributed by atoms with Crippen LogP contribution in [0.1, 0.15) is 21.6 Å². The van der Waals surface area contributed by atoms with E-state index in [1.807, 2.05) is 13.0 Å². The molecule has 0 bridgehead atoms. The topological polar surface area (TPSA) is 75.4 Å². The van der Waals surface area contributed by atoms with Gasteiger partial charge in [0.15, 0.2) is 5.69 Å². The summed E-state index contributed by atoms with van der Waals surface area (Å²) in [6.07, 6.45) is 1.82. The zero-order valence-electron chi connectivity index (χ0n) is 10.6. The molecule has 1 aromatic heterocycles. The number of rotatable bonds is 4. The van der Waals surface area contributed by atoms with Crippen molar-refractivity contribution in [3.8, 4) is 5.69 Å². The minimum Gasteiger partial charge on any atom is -0.476 e. The van der Waals surface area contributed by atoms with Gasteiger partial charge >= 0.3 is 5.97 Å². The summed E-state index contributed by atoms with van der Waals surface area (Å²) >= 11 is 9.50. The van der Waals surface area contributed by atoms with Crippen molar-refractivity contribution < 1.29 is 15.0 Å². The molecule has 2 N–H and O–H groups in total. The van der Waals surface area contributed by atoms with E-state index in [4.69, 9.17) is 21.8 Å². The van der Waals surface area contributed by atoms with Crippen molar-refractivity contribution in [1.82, 2.24) is 9.78 Å². The molecule has 0 amide bonds. The molecule has 7 heteroatoms. The molecule has 0 atom stereocenters. The lowest BCUT2D eigenvalue weighted by molar-refractivity contribution is 0.0688. The van der Waals surface area contributed by atoms with Crippen LogP contribution < -0.4 is 0 Å². The average Bonchev–Trinajstić information content (AvgIpc) is 2.78. The van der Waals surface area contributed by atoms with Crippen LogP contribution in [-0.4, -0.2) is 32.6 Å². The van der Waals surface area contributed by atoms with Gasteiger partial charge in [-0.2, -0.15) is 5.10 Å². The predicted octanol–water partition coefficient (Wildman–Crippen LogP) is 2.83. The maximum atomic E-state index is 11.2. The summed E-state index contributed by atoms with van der Waals surface area (Å²) in [5.41, 5.74) is 1.96. The first kappa shape index (κ1) is 15.0. The summed E-state index contributed by atoms with van der Waals surface area (Å²) < 4.78 is 2.21. The molecule has 106 valence electrons. The van der Waals surface area contributed by atoms with Gasteiger partial charge in [0.2, 0.25) is 0 Å². The summed E-state index contributed by atoms with van der Waals surface area (Å²) in [5.74, 6) is -1.12. The van der Waals surface area contributed by atoms with Gasteiger partial charge in [-0.25, -0.2) is 9.48 Å². The van der Waals surface area contributed by atoms with E-state index in [1.54, 1.807) is 12.3 Å². The van der Waals surface area contributed by atoms with Crippen LogP contribution in [-0.2, 0) is 6.42 Å². The number of nitrogens with zero attached hydrogens (tertiary/aromatic N) is 2. The third-order valence-electron chi connectivity index (χ3n) is 2.85. The fourth-order valence-corrected chi connectivity index (χ4v) is 2.63. The van der Waals surface area contributed by atoms with E-state index in [2.05, 4.69) is 21.0 Å². The third-order valence-corrected chi connectivity index (χ3v) is 3.89. The summed E-state index contributed by atoms with van der Waals surface area (Å²) in [6.45, 7) is 1.74. The van der Waals surface area contributed by atoms with Gasteiger partial charge in [-0.1, -0.05) is 11.6 Å². The lowest BCUT2D eigenvalue weighted by Gasteiger charge is -2.07. The molecule has 0 aliphatic heterocycles.